The maximum Gasteiger partial charge on any atom is 0.428 e. The van der Waals surface area contributed by atoms with E-state index in [1.54, 1.807) is 0 Å². The summed E-state index contributed by atoms with van der Waals surface area (Å²) in [5.41, 5.74) is -0.527. The van der Waals surface area contributed by atoms with Crippen molar-refractivity contribution >= 4 is 22.1 Å². The molecule has 0 amide bonds. The van der Waals surface area contributed by atoms with Crippen LogP contribution in [0.1, 0.15) is 38.5 Å². The summed E-state index contributed by atoms with van der Waals surface area (Å²) >= 11 is 0. The number of ether oxygens (including phenoxy) is 2. The molecule has 4 bridgehead atoms. The number of esters is 2. The van der Waals surface area contributed by atoms with E-state index in [1.807, 2.05) is 0 Å². The molecule has 25 heavy (non-hydrogen) atoms. The first-order chi connectivity index (χ1) is 11.5. The van der Waals surface area contributed by atoms with Crippen molar-refractivity contribution in [3.05, 3.63) is 0 Å². The molecule has 4 fully saturated rings. The largest absolute Gasteiger partial charge is 0.743 e. The van der Waals surface area contributed by atoms with Crippen molar-refractivity contribution in [2.75, 3.05) is 13.2 Å². The summed E-state index contributed by atoms with van der Waals surface area (Å²) in [5.74, 6) is -1.30. The molecule has 0 aromatic carbocycles. The van der Waals surface area contributed by atoms with Gasteiger partial charge in [-0.2, -0.15) is 8.78 Å². The van der Waals surface area contributed by atoms with Crippen molar-refractivity contribution in [2.24, 2.45) is 23.2 Å². The van der Waals surface area contributed by atoms with E-state index in [0.29, 0.717) is 17.8 Å². The van der Waals surface area contributed by atoms with E-state index >= 15 is 0 Å². The van der Waals surface area contributed by atoms with Crippen LogP contribution < -0.4 is 0 Å². The topological polar surface area (TPSA) is 110 Å². The Morgan fingerprint density at radius 3 is 1.88 bits per heavy atom. The second kappa shape index (κ2) is 6.15. The van der Waals surface area contributed by atoms with Crippen LogP contribution >= 0.6 is 0 Å². The Balaban J connectivity index is 1.48. The third kappa shape index (κ3) is 3.38. The van der Waals surface area contributed by atoms with Crippen LogP contribution in [0.2, 0.25) is 0 Å². The monoisotopic (exact) mass is 381 g/mol. The van der Waals surface area contributed by atoms with Crippen molar-refractivity contribution in [1.29, 1.82) is 0 Å². The van der Waals surface area contributed by atoms with Crippen LogP contribution in [0.15, 0.2) is 0 Å². The number of hydrogen-bond donors (Lipinski definition) is 0. The maximum absolute atomic E-state index is 12.9. The van der Waals surface area contributed by atoms with Crippen LogP contribution in [0.3, 0.4) is 0 Å². The molecule has 4 aliphatic carbocycles. The lowest BCUT2D eigenvalue weighted by Gasteiger charge is -2.55. The molecule has 4 aliphatic rings. The van der Waals surface area contributed by atoms with Gasteiger partial charge in [0.1, 0.15) is 13.2 Å². The predicted molar refractivity (Wildman–Crippen MR) is 77.2 cm³/mol. The average molecular weight is 381 g/mol. The summed E-state index contributed by atoms with van der Waals surface area (Å²) in [7, 11) is -6.15. The Hall–Kier alpha value is -1.29. The lowest BCUT2D eigenvalue weighted by molar-refractivity contribution is -0.176. The average Bonchev–Trinajstić information content (AvgIpc) is 2.48. The third-order valence-corrected chi connectivity index (χ3v) is 6.37. The Morgan fingerprint density at radius 2 is 1.44 bits per heavy atom. The van der Waals surface area contributed by atoms with Crippen molar-refractivity contribution in [3.63, 3.8) is 0 Å². The quantitative estimate of drug-likeness (QED) is 0.389. The highest BCUT2D eigenvalue weighted by atomic mass is 32.2. The van der Waals surface area contributed by atoms with Crippen LogP contribution in [0.5, 0.6) is 0 Å². The van der Waals surface area contributed by atoms with Gasteiger partial charge in [-0.05, 0) is 56.3 Å². The van der Waals surface area contributed by atoms with Gasteiger partial charge in [0.15, 0.2) is 10.1 Å². The molecule has 0 saturated heterocycles. The fourth-order valence-electron chi connectivity index (χ4n) is 4.97. The normalized spacial score (nSPS) is 34.0. The Morgan fingerprint density at radius 1 is 1.00 bits per heavy atom. The lowest BCUT2D eigenvalue weighted by atomic mass is 9.49. The first-order valence-electron chi connectivity index (χ1n) is 8.21. The Kier molecular flexibility index (Phi) is 4.55. The van der Waals surface area contributed by atoms with Crippen molar-refractivity contribution in [2.45, 2.75) is 43.8 Å². The fourth-order valence-corrected chi connectivity index (χ4v) is 5.23. The summed E-state index contributed by atoms with van der Waals surface area (Å²) in [6, 6.07) is 0. The number of rotatable bonds is 6. The van der Waals surface area contributed by atoms with Gasteiger partial charge >= 0.3 is 17.2 Å². The van der Waals surface area contributed by atoms with E-state index in [-0.39, 0.29) is 0 Å². The summed E-state index contributed by atoms with van der Waals surface area (Å²) in [6.45, 7) is -1.19. The van der Waals surface area contributed by atoms with Gasteiger partial charge in [0.05, 0.1) is 5.41 Å². The van der Waals surface area contributed by atoms with Crippen molar-refractivity contribution in [3.8, 4) is 0 Å². The van der Waals surface area contributed by atoms with Crippen LogP contribution in [0.4, 0.5) is 8.78 Å². The van der Waals surface area contributed by atoms with Crippen LogP contribution in [-0.2, 0) is 29.2 Å². The highest BCUT2D eigenvalue weighted by molar-refractivity contribution is 7.87. The maximum atomic E-state index is 12.9. The third-order valence-electron chi connectivity index (χ3n) is 5.57. The first-order valence-corrected chi connectivity index (χ1v) is 9.62. The van der Waals surface area contributed by atoms with E-state index in [2.05, 4.69) is 4.74 Å². The molecule has 0 heterocycles. The number of carbonyl (C=O) groups excluding carboxylic acids is 2. The zero-order chi connectivity index (χ0) is 18.5. The molecule has 10 heteroatoms. The molecule has 4 saturated carbocycles. The molecular weight excluding hydrogens is 362 g/mol. The molecule has 0 atom stereocenters. The molecule has 0 radical (unpaired) electrons. The van der Waals surface area contributed by atoms with Crippen LogP contribution in [-0.4, -0.2) is 43.4 Å². The molecular formula is C15H19F2O7S-. The summed E-state index contributed by atoms with van der Waals surface area (Å²) in [4.78, 5) is 23.4. The minimum atomic E-state index is -6.15. The zero-order valence-corrected chi connectivity index (χ0v) is 14.2. The van der Waals surface area contributed by atoms with E-state index in [1.165, 1.54) is 0 Å². The summed E-state index contributed by atoms with van der Waals surface area (Å²) in [5, 5.41) is -5.16. The summed E-state index contributed by atoms with van der Waals surface area (Å²) in [6.07, 6.45) is 5.73. The summed E-state index contributed by atoms with van der Waals surface area (Å²) < 4.78 is 65.9. The second-order valence-corrected chi connectivity index (χ2v) is 8.86. The van der Waals surface area contributed by atoms with E-state index in [9.17, 15) is 31.3 Å². The van der Waals surface area contributed by atoms with Crippen LogP contribution in [0.25, 0.3) is 0 Å². The molecule has 7 nitrogen and oxygen atoms in total. The van der Waals surface area contributed by atoms with Crippen molar-refractivity contribution < 1.29 is 40.8 Å². The number of carbonyl (C=O) groups is 2. The molecule has 0 unspecified atom stereocenters. The SMILES string of the molecule is O=C(OCCOC(=O)C(F)(F)S(=O)(=O)[O-])C12CC3CC(CC(C3)C1)C2. The number of hydrogen-bond acceptors (Lipinski definition) is 7. The number of alkyl halides is 2. The fraction of sp³-hybridized carbons (Fsp3) is 0.867. The molecule has 0 aliphatic heterocycles. The van der Waals surface area contributed by atoms with Crippen LogP contribution in [0, 0.1) is 23.2 Å². The molecule has 142 valence electrons. The van der Waals surface area contributed by atoms with Crippen molar-refractivity contribution in [1.82, 2.24) is 0 Å². The van der Waals surface area contributed by atoms with Gasteiger partial charge in [0.2, 0.25) is 0 Å². The molecule has 4 rings (SSSR count). The van der Waals surface area contributed by atoms with Gasteiger partial charge in [0, 0.05) is 0 Å². The lowest BCUT2D eigenvalue weighted by Crippen LogP contribution is -2.50. The minimum absolute atomic E-state index is 0.411. The Labute approximate surface area is 143 Å². The molecule has 0 aromatic rings. The van der Waals surface area contributed by atoms with Gasteiger partial charge in [0.25, 0.3) is 0 Å². The van der Waals surface area contributed by atoms with Gasteiger partial charge in [-0.15, -0.1) is 0 Å². The molecule has 0 N–H and O–H groups in total. The predicted octanol–water partition coefficient (Wildman–Crippen LogP) is 1.43. The minimum Gasteiger partial charge on any atom is -0.743 e. The second-order valence-electron chi connectivity index (χ2n) is 7.44. The molecule has 0 spiro atoms. The van der Waals surface area contributed by atoms with Gasteiger partial charge < -0.3 is 14.0 Å². The first kappa shape index (κ1) is 18.5. The van der Waals surface area contributed by atoms with E-state index in [4.69, 9.17) is 4.74 Å². The van der Waals surface area contributed by atoms with Gasteiger partial charge in [-0.1, -0.05) is 0 Å². The van der Waals surface area contributed by atoms with E-state index < -0.39 is 45.9 Å². The number of halogens is 2. The van der Waals surface area contributed by atoms with Gasteiger partial charge in [-0.3, -0.25) is 4.79 Å². The smallest absolute Gasteiger partial charge is 0.428 e. The highest BCUT2D eigenvalue weighted by Crippen LogP contribution is 2.60. The standard InChI is InChI=1S/C15H20F2O7S/c16-15(17,25(20,21)22)13(19)24-2-1-23-12(18)14-6-9-3-10(7-14)5-11(4-9)8-14/h9-11H,1-8H2,(H,20,21,22)/p-1. The van der Waals surface area contributed by atoms with E-state index in [0.717, 1.165) is 38.5 Å². The zero-order valence-electron chi connectivity index (χ0n) is 13.4. The molecule has 0 aromatic heterocycles. The Bertz CT molecular complexity index is 638. The van der Waals surface area contributed by atoms with Gasteiger partial charge in [-0.25, -0.2) is 13.2 Å². The highest BCUT2D eigenvalue weighted by Gasteiger charge is 2.55.